The molecule has 2 aromatic carbocycles. The Morgan fingerprint density at radius 2 is 1.86 bits per heavy atom. The van der Waals surface area contributed by atoms with Crippen LogP contribution in [0.3, 0.4) is 0 Å². The fourth-order valence-corrected chi connectivity index (χ4v) is 12.5. The summed E-state index contributed by atoms with van der Waals surface area (Å²) < 4.78 is 50.8. The van der Waals surface area contributed by atoms with E-state index in [0.717, 1.165) is 127 Å². The molecule has 57 heavy (non-hydrogen) atoms. The van der Waals surface area contributed by atoms with Crippen molar-refractivity contribution in [3.63, 3.8) is 0 Å². The lowest BCUT2D eigenvalue weighted by Gasteiger charge is -2.53. The number of aryl methyl sites for hydroxylation is 1. The van der Waals surface area contributed by atoms with Crippen molar-refractivity contribution >= 4 is 33.2 Å². The summed E-state index contributed by atoms with van der Waals surface area (Å²) in [7, 11) is -4.00. The fourth-order valence-electron chi connectivity index (χ4n) is 10.5. The van der Waals surface area contributed by atoms with Crippen molar-refractivity contribution in [3.8, 4) is 5.75 Å². The number of rotatable bonds is 6. The van der Waals surface area contributed by atoms with E-state index in [2.05, 4.69) is 44.6 Å². The quantitative estimate of drug-likeness (QED) is 0.306. The predicted molar refractivity (Wildman–Crippen MR) is 226 cm³/mol. The van der Waals surface area contributed by atoms with Crippen LogP contribution >= 0.6 is 11.6 Å². The molecule has 2 saturated carbocycles. The lowest BCUT2D eigenvalue weighted by atomic mass is 9.63. The van der Waals surface area contributed by atoms with E-state index < -0.39 is 26.8 Å². The normalized spacial score (nSPS) is 32.2. The molecule has 1 amide bonds. The van der Waals surface area contributed by atoms with Crippen LogP contribution in [-0.4, -0.2) is 107 Å². The van der Waals surface area contributed by atoms with Crippen LogP contribution in [0.15, 0.2) is 48.6 Å². The van der Waals surface area contributed by atoms with Gasteiger partial charge in [-0.15, -0.1) is 0 Å². The van der Waals surface area contributed by atoms with Gasteiger partial charge in [0.2, 0.25) is 10.0 Å². The van der Waals surface area contributed by atoms with Crippen LogP contribution in [-0.2, 0) is 32.5 Å². The van der Waals surface area contributed by atoms with Crippen LogP contribution in [0.25, 0.3) is 0 Å². The Balaban J connectivity index is 1.18. The molecule has 4 aliphatic heterocycles. The second-order valence-electron chi connectivity index (χ2n) is 17.8. The molecular weight excluding hydrogens is 760 g/mol. The molecule has 0 aromatic heterocycles. The minimum absolute atomic E-state index is 0.187. The van der Waals surface area contributed by atoms with E-state index in [4.69, 9.17) is 25.8 Å². The molecule has 2 aliphatic carbocycles. The maximum absolute atomic E-state index is 14.3. The number of halogens is 1. The zero-order valence-electron chi connectivity index (χ0n) is 34.0. The smallest absolute Gasteiger partial charge is 0.264 e. The number of piperazine rings is 1. The molecule has 6 aliphatic rings. The Kier molecular flexibility index (Phi) is 12.9. The van der Waals surface area contributed by atoms with Gasteiger partial charge in [-0.25, -0.2) is 13.1 Å². The summed E-state index contributed by atoms with van der Waals surface area (Å²) in [4.78, 5) is 21.6. The molecule has 4 heterocycles. The first kappa shape index (κ1) is 41.1. The molecule has 4 fully saturated rings. The summed E-state index contributed by atoms with van der Waals surface area (Å²) >= 11 is 6.45. The maximum atomic E-state index is 14.3. The van der Waals surface area contributed by atoms with Crippen molar-refractivity contribution in [3.05, 3.63) is 70.3 Å². The highest BCUT2D eigenvalue weighted by atomic mass is 35.5. The van der Waals surface area contributed by atoms with Gasteiger partial charge >= 0.3 is 0 Å². The van der Waals surface area contributed by atoms with Gasteiger partial charge in [0.1, 0.15) is 18.0 Å². The number of amides is 1. The number of morpholine rings is 1. The molecule has 6 atom stereocenters. The van der Waals surface area contributed by atoms with Crippen molar-refractivity contribution in [1.29, 1.82) is 0 Å². The van der Waals surface area contributed by atoms with Crippen molar-refractivity contribution < 1.29 is 27.4 Å². The minimum atomic E-state index is -4.00. The average Bonchev–Trinajstić information content (AvgIpc) is 3.18. The van der Waals surface area contributed by atoms with E-state index >= 15 is 0 Å². The summed E-state index contributed by atoms with van der Waals surface area (Å²) in [5.41, 5.74) is 2.93. The summed E-state index contributed by atoms with van der Waals surface area (Å²) in [6.45, 7) is 13.0. The Labute approximate surface area is 345 Å². The topological polar surface area (TPSA) is 101 Å². The first-order chi connectivity index (χ1) is 27.6. The van der Waals surface area contributed by atoms with Crippen molar-refractivity contribution in [2.75, 3.05) is 70.5 Å². The monoisotopic (exact) mass is 822 g/mol. The number of nitrogens with zero attached hydrogens (tertiary/aromatic N) is 3. The standard InChI is InChI=1S/C45H63ClN4O6S/c1-3-56-45(31-48-20-21-49-22-23-54-30-39(49)28-48)18-7-8-32(2)43(24-33-9-6-10-33)57(52,53)47-44(51)35-14-17-42-41(26-35)50(27-36-13-16-40(36)45)19-5-4-11-34-25-38(46)15-12-37(34)29-55-42/h7,12,14-15,17-18,25-26,32-33,36,39-40,43H,3-6,8-11,13,16,19-24,27-31H2,1-2H3,(H,47,51)/b18-7+/t32-,36-,39-,40+,43+,45+/m0/s1. The summed E-state index contributed by atoms with van der Waals surface area (Å²) in [6, 6.07) is 11.8. The van der Waals surface area contributed by atoms with E-state index in [0.29, 0.717) is 55.2 Å². The van der Waals surface area contributed by atoms with Crippen LogP contribution in [0.5, 0.6) is 5.75 Å². The van der Waals surface area contributed by atoms with Gasteiger partial charge in [-0.3, -0.25) is 14.6 Å². The largest absolute Gasteiger partial charge is 0.487 e. The Bertz CT molecular complexity index is 1870. The van der Waals surface area contributed by atoms with Gasteiger partial charge in [0.05, 0.1) is 24.2 Å². The van der Waals surface area contributed by atoms with Crippen molar-refractivity contribution in [2.24, 2.45) is 23.7 Å². The third-order valence-electron chi connectivity index (χ3n) is 14.1. The maximum Gasteiger partial charge on any atom is 0.264 e. The average molecular weight is 824 g/mol. The highest BCUT2D eigenvalue weighted by molar-refractivity contribution is 7.90. The number of carbonyl (C=O) groups is 1. The number of ether oxygens (including phenoxy) is 3. The number of hydrogen-bond donors (Lipinski definition) is 1. The van der Waals surface area contributed by atoms with E-state index in [-0.39, 0.29) is 11.8 Å². The number of allylic oxidation sites excluding steroid dienone is 1. The van der Waals surface area contributed by atoms with E-state index in [1.807, 2.05) is 31.2 Å². The molecule has 2 bridgehead atoms. The van der Waals surface area contributed by atoms with Crippen molar-refractivity contribution in [1.82, 2.24) is 14.5 Å². The van der Waals surface area contributed by atoms with Crippen LogP contribution < -0.4 is 14.4 Å². The third kappa shape index (κ3) is 9.24. The van der Waals surface area contributed by atoms with Crippen LogP contribution in [0, 0.1) is 23.7 Å². The second kappa shape index (κ2) is 17.9. The van der Waals surface area contributed by atoms with Crippen LogP contribution in [0.1, 0.15) is 93.1 Å². The van der Waals surface area contributed by atoms with Gasteiger partial charge in [-0.2, -0.15) is 0 Å². The molecule has 2 saturated heterocycles. The van der Waals surface area contributed by atoms with E-state index in [9.17, 15) is 13.2 Å². The van der Waals surface area contributed by atoms with Gasteiger partial charge < -0.3 is 19.1 Å². The van der Waals surface area contributed by atoms with E-state index in [1.165, 1.54) is 5.56 Å². The molecule has 8 rings (SSSR count). The zero-order chi connectivity index (χ0) is 39.6. The summed E-state index contributed by atoms with van der Waals surface area (Å²) in [5.74, 6) is 0.903. The van der Waals surface area contributed by atoms with Gasteiger partial charge in [0.15, 0.2) is 0 Å². The first-order valence-electron chi connectivity index (χ1n) is 21.8. The summed E-state index contributed by atoms with van der Waals surface area (Å²) in [5, 5.41) is 0.0386. The van der Waals surface area contributed by atoms with Crippen LogP contribution in [0.4, 0.5) is 5.69 Å². The molecule has 0 unspecified atom stereocenters. The SMILES string of the molecule is CCO[C@@]1(CN2CCN3CCOC[C@@H]3C2)/C=C/C[C@H](C)[C@@H](CC2CCC2)S(=O)(=O)NC(=O)c2ccc3c(c2)N(CCCCc2cc(Cl)ccc2CO3)C[C@@H]2CC[C@H]21. The molecule has 1 N–H and O–H groups in total. The second-order valence-corrected chi connectivity index (χ2v) is 20.1. The third-order valence-corrected chi connectivity index (χ3v) is 16.3. The molecule has 0 spiro atoms. The molecule has 2 aromatic rings. The zero-order valence-corrected chi connectivity index (χ0v) is 35.6. The number of benzene rings is 2. The van der Waals surface area contributed by atoms with E-state index in [1.54, 1.807) is 6.07 Å². The predicted octanol–water partition coefficient (Wildman–Crippen LogP) is 7.09. The fraction of sp³-hybridized carbons (Fsp3) is 0.667. The van der Waals surface area contributed by atoms with Gasteiger partial charge in [-0.1, -0.05) is 56.0 Å². The van der Waals surface area contributed by atoms with Gasteiger partial charge in [0, 0.05) is 69.0 Å². The Morgan fingerprint density at radius 3 is 2.65 bits per heavy atom. The molecule has 12 heteroatoms. The van der Waals surface area contributed by atoms with Gasteiger partial charge in [0.25, 0.3) is 5.91 Å². The highest BCUT2D eigenvalue weighted by Crippen LogP contribution is 2.47. The lowest BCUT2D eigenvalue weighted by molar-refractivity contribution is -0.121. The number of carbonyl (C=O) groups excluding carboxylic acids is 1. The van der Waals surface area contributed by atoms with Crippen molar-refractivity contribution in [2.45, 2.75) is 102 Å². The van der Waals surface area contributed by atoms with Crippen LogP contribution in [0.2, 0.25) is 5.02 Å². The number of nitrogens with one attached hydrogen (secondary N) is 1. The lowest BCUT2D eigenvalue weighted by Crippen LogP contribution is -2.62. The Morgan fingerprint density at radius 1 is 0.982 bits per heavy atom. The van der Waals surface area contributed by atoms with Gasteiger partial charge in [-0.05, 0) is 117 Å². The number of sulfonamides is 1. The molecule has 312 valence electrons. The minimum Gasteiger partial charge on any atom is -0.487 e. The molecule has 10 nitrogen and oxygen atoms in total. The number of anilines is 1. The number of fused-ring (bicyclic) bond motifs is 4. The molecule has 0 radical (unpaired) electrons. The Hall–Kier alpha value is -2.67. The number of hydrogen-bond acceptors (Lipinski definition) is 9. The first-order valence-corrected chi connectivity index (χ1v) is 23.7. The highest BCUT2D eigenvalue weighted by Gasteiger charge is 2.49. The molecular formula is C45H63ClN4O6S. The summed E-state index contributed by atoms with van der Waals surface area (Å²) in [6.07, 6.45) is 13.9.